The van der Waals surface area contributed by atoms with Crippen LogP contribution in [0.1, 0.15) is 13.8 Å². The Bertz CT molecular complexity index is 1200. The number of nitrogens with one attached hydrogen (secondary N) is 4. The molecule has 1 fully saturated rings. The lowest BCUT2D eigenvalue weighted by Crippen LogP contribution is -3.00. The van der Waals surface area contributed by atoms with Crippen LogP contribution in [0.2, 0.25) is 0 Å². The minimum atomic E-state index is -0.336. The van der Waals surface area contributed by atoms with E-state index in [1.54, 1.807) is 24.3 Å². The molecule has 1 aliphatic rings. The number of hydrogen-bond donors (Lipinski definition) is 6. The van der Waals surface area contributed by atoms with E-state index in [-0.39, 0.29) is 83.4 Å². The summed E-state index contributed by atoms with van der Waals surface area (Å²) in [7, 11) is 1.95. The number of nitrogens with zero attached hydrogens (tertiary/aromatic N) is 2. The molecule has 0 saturated carbocycles. The van der Waals surface area contributed by atoms with E-state index in [4.69, 9.17) is 0 Å². The first kappa shape index (κ1) is 30.4. The van der Waals surface area contributed by atoms with Crippen molar-refractivity contribution in [3.63, 3.8) is 0 Å². The van der Waals surface area contributed by atoms with Gasteiger partial charge in [0.15, 0.2) is 18.0 Å². The van der Waals surface area contributed by atoms with Crippen LogP contribution in [0.3, 0.4) is 0 Å². The number of phenols is 2. The number of rotatable bonds is 8. The van der Waals surface area contributed by atoms with Crippen molar-refractivity contribution in [3.8, 4) is 11.5 Å². The summed E-state index contributed by atoms with van der Waals surface area (Å²) in [5, 5.41) is 31.0. The molecule has 0 aromatic heterocycles. The molecule has 206 valence electrons. The number of para-hydroxylation sites is 2. The van der Waals surface area contributed by atoms with Crippen molar-refractivity contribution in [3.05, 3.63) is 36.4 Å². The molecule has 12 nitrogen and oxygen atoms in total. The van der Waals surface area contributed by atoms with E-state index in [0.29, 0.717) is 30.7 Å². The molecule has 0 unspecified atom stereocenters. The lowest BCUT2D eigenvalue weighted by atomic mass is 10.2. The molecule has 38 heavy (non-hydrogen) atoms. The van der Waals surface area contributed by atoms with Gasteiger partial charge in [0.05, 0.1) is 49.4 Å². The Labute approximate surface area is 227 Å². The first-order chi connectivity index (χ1) is 17.5. The molecule has 2 aromatic carbocycles. The first-order valence-corrected chi connectivity index (χ1v) is 11.8. The maximum absolute atomic E-state index is 12.7. The first-order valence-electron chi connectivity index (χ1n) is 11.8. The van der Waals surface area contributed by atoms with Crippen LogP contribution in [0.5, 0.6) is 11.5 Å². The van der Waals surface area contributed by atoms with Crippen LogP contribution in [0, 0.1) is 0 Å². The molecule has 6 N–H and O–H groups in total. The predicted molar refractivity (Wildman–Crippen MR) is 139 cm³/mol. The van der Waals surface area contributed by atoms with Crippen LogP contribution in [-0.4, -0.2) is 89.5 Å². The van der Waals surface area contributed by atoms with Crippen molar-refractivity contribution in [1.82, 2.24) is 4.90 Å². The van der Waals surface area contributed by atoms with Gasteiger partial charge in [-0.25, -0.2) is 0 Å². The monoisotopic (exact) mass is 548 g/mol. The molecule has 0 bridgehead atoms. The normalized spacial score (nSPS) is 14.5. The van der Waals surface area contributed by atoms with E-state index in [1.807, 2.05) is 11.9 Å². The molecule has 1 aliphatic heterocycles. The second-order valence-electron chi connectivity index (χ2n) is 9.36. The standard InChI is InChI=1S/C25H32N6O6.ClH/c1-16(32)26-18-6-4-8-20(24(18)36)28-22(34)14-30-10-12-31(3,13-11-30)15-23(35)29-21-9-5-7-19(25(21)37)27-17(2)33;/h4-9H,10-15H2,1-3H3,(H5-,26,27,28,29,32,33,34,35,36,37);1H. The molecule has 13 heteroatoms. The molecule has 1 saturated heterocycles. The number of anilines is 4. The number of piperazine rings is 1. The summed E-state index contributed by atoms with van der Waals surface area (Å²) in [5.41, 5.74) is 0.845. The average molecular weight is 549 g/mol. The molecule has 0 aliphatic carbocycles. The van der Waals surface area contributed by atoms with Crippen molar-refractivity contribution < 1.29 is 46.3 Å². The average Bonchev–Trinajstić information content (AvgIpc) is 2.80. The minimum Gasteiger partial charge on any atom is -1.00 e. The number of benzene rings is 2. The maximum atomic E-state index is 12.7. The summed E-state index contributed by atoms with van der Waals surface area (Å²) in [6.07, 6.45) is 0. The fourth-order valence-corrected chi connectivity index (χ4v) is 4.10. The van der Waals surface area contributed by atoms with Crippen LogP contribution in [0.25, 0.3) is 0 Å². The van der Waals surface area contributed by atoms with Gasteiger partial charge in [0.25, 0.3) is 5.91 Å². The number of hydrogen-bond acceptors (Lipinski definition) is 7. The fourth-order valence-electron chi connectivity index (χ4n) is 4.10. The van der Waals surface area contributed by atoms with Crippen LogP contribution < -0.4 is 33.7 Å². The van der Waals surface area contributed by atoms with Gasteiger partial charge in [-0.15, -0.1) is 0 Å². The van der Waals surface area contributed by atoms with Gasteiger partial charge in [-0.1, -0.05) is 12.1 Å². The lowest BCUT2D eigenvalue weighted by Gasteiger charge is -2.41. The summed E-state index contributed by atoms with van der Waals surface area (Å²) in [6, 6.07) is 9.41. The largest absolute Gasteiger partial charge is 1.00 e. The number of amides is 4. The fraction of sp³-hybridized carbons (Fsp3) is 0.360. The van der Waals surface area contributed by atoms with Gasteiger partial charge < -0.3 is 48.4 Å². The van der Waals surface area contributed by atoms with Crippen molar-refractivity contribution in [1.29, 1.82) is 0 Å². The Morgan fingerprint density at radius 1 is 0.763 bits per heavy atom. The highest BCUT2D eigenvalue weighted by Crippen LogP contribution is 2.32. The van der Waals surface area contributed by atoms with E-state index in [0.717, 1.165) is 0 Å². The van der Waals surface area contributed by atoms with Crippen LogP contribution in [-0.2, 0) is 19.2 Å². The van der Waals surface area contributed by atoms with E-state index in [9.17, 15) is 29.4 Å². The van der Waals surface area contributed by atoms with Gasteiger partial charge in [-0.3, -0.25) is 24.1 Å². The molecule has 0 atom stereocenters. The summed E-state index contributed by atoms with van der Waals surface area (Å²) in [6.45, 7) is 5.36. The molecule has 0 spiro atoms. The maximum Gasteiger partial charge on any atom is 0.279 e. The highest BCUT2D eigenvalue weighted by molar-refractivity contribution is 5.98. The van der Waals surface area contributed by atoms with Gasteiger partial charge in [0, 0.05) is 26.9 Å². The van der Waals surface area contributed by atoms with Gasteiger partial charge in [0.2, 0.25) is 17.7 Å². The zero-order valence-electron chi connectivity index (χ0n) is 21.5. The number of carbonyl (C=O) groups excluding carboxylic acids is 4. The molecular weight excluding hydrogens is 516 g/mol. The lowest BCUT2D eigenvalue weighted by molar-refractivity contribution is -0.905. The molecule has 4 amide bonds. The van der Waals surface area contributed by atoms with E-state index < -0.39 is 0 Å². The van der Waals surface area contributed by atoms with E-state index in [1.165, 1.54) is 26.0 Å². The van der Waals surface area contributed by atoms with Gasteiger partial charge in [0.1, 0.15) is 0 Å². The highest BCUT2D eigenvalue weighted by atomic mass is 35.5. The van der Waals surface area contributed by atoms with E-state index >= 15 is 0 Å². The molecule has 2 aromatic rings. The quantitative estimate of drug-likeness (QED) is 0.170. The summed E-state index contributed by atoms with van der Waals surface area (Å²) >= 11 is 0. The minimum absolute atomic E-state index is 0. The van der Waals surface area contributed by atoms with Crippen LogP contribution in [0.15, 0.2) is 36.4 Å². The van der Waals surface area contributed by atoms with Gasteiger partial charge >= 0.3 is 0 Å². The summed E-state index contributed by atoms with van der Waals surface area (Å²) in [5.74, 6) is -1.68. The van der Waals surface area contributed by atoms with Crippen molar-refractivity contribution in [2.45, 2.75) is 13.8 Å². The Morgan fingerprint density at radius 2 is 1.16 bits per heavy atom. The SMILES string of the molecule is CC(=O)Nc1cccc(NC(=O)CN2CC[N+](C)(CC(=O)Nc3cccc(NC(C)=O)c3O)CC2)c1O.[Cl-]. The number of phenolic OH excluding ortho intramolecular Hbond substituents is 2. The smallest absolute Gasteiger partial charge is 0.279 e. The van der Waals surface area contributed by atoms with Crippen LogP contribution in [0.4, 0.5) is 22.7 Å². The van der Waals surface area contributed by atoms with Crippen molar-refractivity contribution in [2.24, 2.45) is 0 Å². The third-order valence-corrected chi connectivity index (χ3v) is 6.05. The number of quaternary nitrogens is 1. The molecule has 1 heterocycles. The van der Waals surface area contributed by atoms with Gasteiger partial charge in [-0.2, -0.15) is 0 Å². The molecule has 0 radical (unpaired) electrons. The predicted octanol–water partition coefficient (Wildman–Crippen LogP) is -1.64. The summed E-state index contributed by atoms with van der Waals surface area (Å²) < 4.78 is 0.454. The molecular formula is C25H33ClN6O6. The third-order valence-electron chi connectivity index (χ3n) is 6.05. The van der Waals surface area contributed by atoms with Crippen molar-refractivity contribution in [2.75, 3.05) is 67.6 Å². The third kappa shape index (κ3) is 8.33. The second-order valence-corrected chi connectivity index (χ2v) is 9.36. The Hall–Kier alpha value is -3.87. The number of halogens is 1. The number of likely N-dealkylation sites (N-methyl/N-ethyl adjacent to an activating group) is 1. The topological polar surface area (TPSA) is 160 Å². The highest BCUT2D eigenvalue weighted by Gasteiger charge is 2.32. The van der Waals surface area contributed by atoms with E-state index in [2.05, 4.69) is 21.3 Å². The Morgan fingerprint density at radius 3 is 1.58 bits per heavy atom. The van der Waals surface area contributed by atoms with Crippen molar-refractivity contribution >= 4 is 46.4 Å². The zero-order valence-corrected chi connectivity index (χ0v) is 22.3. The summed E-state index contributed by atoms with van der Waals surface area (Å²) in [4.78, 5) is 49.8. The van der Waals surface area contributed by atoms with Crippen LogP contribution >= 0.6 is 0 Å². The number of carbonyl (C=O) groups is 4. The Balaban J connectivity index is 0.00000507. The molecule has 3 rings (SSSR count). The zero-order chi connectivity index (χ0) is 27.2. The van der Waals surface area contributed by atoms with Gasteiger partial charge in [-0.05, 0) is 24.3 Å². The Kier molecular flexibility index (Phi) is 10.5. The second kappa shape index (κ2) is 13.1. The number of aromatic hydroxyl groups is 2.